The molecule has 0 saturated carbocycles. The van der Waals surface area contributed by atoms with E-state index in [2.05, 4.69) is 10.1 Å². The normalized spacial score (nSPS) is 16.2. The van der Waals surface area contributed by atoms with E-state index in [1.807, 2.05) is 24.3 Å². The standard InChI is InChI=1S/C21H21N3O5/c1-26-15-9-14(10-16(11-15)27-2)24-12-13(8-19(24)25)20-22-21(29-23-20)17-6-4-5-7-18(17)28-3/h4-7,9-11,13H,8,12H2,1-3H3. The monoisotopic (exact) mass is 395 g/mol. The predicted molar refractivity (Wildman–Crippen MR) is 106 cm³/mol. The molecule has 1 aromatic heterocycles. The Morgan fingerprint density at radius 1 is 1.03 bits per heavy atom. The van der Waals surface area contributed by atoms with Crippen molar-refractivity contribution in [2.75, 3.05) is 32.8 Å². The first kappa shape index (κ1) is 18.8. The van der Waals surface area contributed by atoms with Crippen molar-refractivity contribution in [1.82, 2.24) is 10.1 Å². The minimum absolute atomic E-state index is 0.0195. The summed E-state index contributed by atoms with van der Waals surface area (Å²) < 4.78 is 21.4. The molecule has 0 N–H and O–H groups in total. The number of methoxy groups -OCH3 is 3. The number of aromatic nitrogens is 2. The fourth-order valence-electron chi connectivity index (χ4n) is 3.41. The molecule has 2 aromatic carbocycles. The van der Waals surface area contributed by atoms with Crippen molar-refractivity contribution in [2.45, 2.75) is 12.3 Å². The van der Waals surface area contributed by atoms with E-state index in [-0.39, 0.29) is 11.8 Å². The summed E-state index contributed by atoms with van der Waals surface area (Å²) in [6.45, 7) is 0.444. The van der Waals surface area contributed by atoms with Gasteiger partial charge in [0.2, 0.25) is 5.91 Å². The SMILES string of the molecule is COc1cc(OC)cc(N2CC(c3noc(-c4ccccc4OC)n3)CC2=O)c1. The third kappa shape index (κ3) is 3.61. The first-order valence-electron chi connectivity index (χ1n) is 9.13. The van der Waals surface area contributed by atoms with Crippen LogP contribution in [0.15, 0.2) is 47.0 Å². The summed E-state index contributed by atoms with van der Waals surface area (Å²) in [5, 5.41) is 4.11. The highest BCUT2D eigenvalue weighted by Crippen LogP contribution is 2.36. The number of ether oxygens (including phenoxy) is 3. The summed E-state index contributed by atoms with van der Waals surface area (Å²) in [7, 11) is 4.74. The molecule has 0 bridgehead atoms. The molecule has 0 radical (unpaired) electrons. The highest BCUT2D eigenvalue weighted by atomic mass is 16.5. The second kappa shape index (κ2) is 7.83. The van der Waals surface area contributed by atoms with Crippen LogP contribution in [0, 0.1) is 0 Å². The zero-order chi connectivity index (χ0) is 20.4. The van der Waals surface area contributed by atoms with Gasteiger partial charge >= 0.3 is 0 Å². The third-order valence-corrected chi connectivity index (χ3v) is 4.92. The predicted octanol–water partition coefficient (Wildman–Crippen LogP) is 3.28. The molecular weight excluding hydrogens is 374 g/mol. The highest BCUT2D eigenvalue weighted by Gasteiger charge is 2.35. The van der Waals surface area contributed by atoms with Crippen molar-refractivity contribution < 1.29 is 23.5 Å². The largest absolute Gasteiger partial charge is 0.497 e. The molecule has 29 heavy (non-hydrogen) atoms. The zero-order valence-electron chi connectivity index (χ0n) is 16.4. The second-order valence-electron chi connectivity index (χ2n) is 6.63. The van der Waals surface area contributed by atoms with Gasteiger partial charge in [0.05, 0.1) is 32.6 Å². The first-order valence-corrected chi connectivity index (χ1v) is 9.13. The number of hydrogen-bond acceptors (Lipinski definition) is 7. The highest BCUT2D eigenvalue weighted by molar-refractivity contribution is 5.96. The molecule has 4 rings (SSSR count). The van der Waals surface area contributed by atoms with Gasteiger partial charge in [0, 0.05) is 37.1 Å². The lowest BCUT2D eigenvalue weighted by atomic mass is 10.1. The van der Waals surface area contributed by atoms with Gasteiger partial charge in [-0.2, -0.15) is 4.98 Å². The molecule has 8 heteroatoms. The smallest absolute Gasteiger partial charge is 0.261 e. The fraction of sp³-hybridized carbons (Fsp3) is 0.286. The average Bonchev–Trinajstić information content (AvgIpc) is 3.40. The molecule has 0 spiro atoms. The molecule has 1 atom stereocenters. The molecule has 1 fully saturated rings. The summed E-state index contributed by atoms with van der Waals surface area (Å²) in [5.74, 6) is 2.56. The molecule has 1 unspecified atom stereocenters. The summed E-state index contributed by atoms with van der Waals surface area (Å²) in [5.41, 5.74) is 1.43. The second-order valence-corrected chi connectivity index (χ2v) is 6.63. The molecular formula is C21H21N3O5. The molecule has 1 aliphatic heterocycles. The molecule has 1 saturated heterocycles. The van der Waals surface area contributed by atoms with E-state index < -0.39 is 0 Å². The van der Waals surface area contributed by atoms with E-state index in [1.165, 1.54) is 0 Å². The van der Waals surface area contributed by atoms with E-state index in [4.69, 9.17) is 18.7 Å². The maximum Gasteiger partial charge on any atom is 0.261 e. The van der Waals surface area contributed by atoms with Crippen molar-refractivity contribution in [3.63, 3.8) is 0 Å². The quantitative estimate of drug-likeness (QED) is 0.633. The van der Waals surface area contributed by atoms with Crippen LogP contribution in [0.3, 0.4) is 0 Å². The Balaban J connectivity index is 1.58. The number of carbonyl (C=O) groups is 1. The van der Waals surface area contributed by atoms with Gasteiger partial charge in [0.1, 0.15) is 17.2 Å². The van der Waals surface area contributed by atoms with Crippen LogP contribution in [0.25, 0.3) is 11.5 Å². The number of para-hydroxylation sites is 1. The van der Waals surface area contributed by atoms with Gasteiger partial charge in [0.15, 0.2) is 5.82 Å². The maximum absolute atomic E-state index is 12.7. The minimum atomic E-state index is -0.174. The number of nitrogens with zero attached hydrogens (tertiary/aromatic N) is 3. The van der Waals surface area contributed by atoms with Gasteiger partial charge in [-0.15, -0.1) is 0 Å². The number of carbonyl (C=O) groups excluding carboxylic acids is 1. The summed E-state index contributed by atoms with van der Waals surface area (Å²) >= 11 is 0. The van der Waals surface area contributed by atoms with Crippen LogP contribution in [-0.2, 0) is 4.79 Å². The molecule has 150 valence electrons. The molecule has 1 aliphatic rings. The van der Waals surface area contributed by atoms with Gasteiger partial charge in [-0.1, -0.05) is 17.3 Å². The van der Waals surface area contributed by atoms with Crippen LogP contribution in [0.4, 0.5) is 5.69 Å². The Bertz CT molecular complexity index is 1010. The Morgan fingerprint density at radius 3 is 2.45 bits per heavy atom. The number of anilines is 1. The van der Waals surface area contributed by atoms with Crippen LogP contribution >= 0.6 is 0 Å². The van der Waals surface area contributed by atoms with Crippen LogP contribution in [-0.4, -0.2) is 43.9 Å². The van der Waals surface area contributed by atoms with Crippen molar-refractivity contribution in [3.05, 3.63) is 48.3 Å². The van der Waals surface area contributed by atoms with Crippen molar-refractivity contribution >= 4 is 11.6 Å². The summed E-state index contributed by atoms with van der Waals surface area (Å²) in [4.78, 5) is 18.9. The number of amides is 1. The van der Waals surface area contributed by atoms with Gasteiger partial charge in [-0.05, 0) is 12.1 Å². The van der Waals surface area contributed by atoms with Gasteiger partial charge in [-0.3, -0.25) is 4.79 Å². The van der Waals surface area contributed by atoms with Crippen LogP contribution in [0.2, 0.25) is 0 Å². The van der Waals surface area contributed by atoms with Crippen LogP contribution in [0.1, 0.15) is 18.2 Å². The lowest BCUT2D eigenvalue weighted by Gasteiger charge is -2.18. The minimum Gasteiger partial charge on any atom is -0.497 e. The van der Waals surface area contributed by atoms with E-state index in [9.17, 15) is 4.79 Å². The maximum atomic E-state index is 12.7. The van der Waals surface area contributed by atoms with Crippen molar-refractivity contribution in [1.29, 1.82) is 0 Å². The molecule has 8 nitrogen and oxygen atoms in total. The summed E-state index contributed by atoms with van der Waals surface area (Å²) in [6.07, 6.45) is 0.296. The van der Waals surface area contributed by atoms with Crippen molar-refractivity contribution in [3.8, 4) is 28.7 Å². The van der Waals surface area contributed by atoms with Gasteiger partial charge < -0.3 is 23.6 Å². The Labute approximate surface area is 168 Å². The number of benzene rings is 2. The lowest BCUT2D eigenvalue weighted by Crippen LogP contribution is -2.24. The molecule has 0 aliphatic carbocycles. The zero-order valence-corrected chi connectivity index (χ0v) is 16.4. The average molecular weight is 395 g/mol. The van der Waals surface area contributed by atoms with Gasteiger partial charge in [0.25, 0.3) is 5.89 Å². The third-order valence-electron chi connectivity index (χ3n) is 4.92. The molecule has 2 heterocycles. The molecule has 3 aromatic rings. The first-order chi connectivity index (χ1) is 14.1. The Kier molecular flexibility index (Phi) is 5.07. The topological polar surface area (TPSA) is 86.9 Å². The Morgan fingerprint density at radius 2 is 1.76 bits per heavy atom. The Hall–Kier alpha value is -3.55. The molecule has 1 amide bonds. The summed E-state index contributed by atoms with van der Waals surface area (Å²) in [6, 6.07) is 12.8. The van der Waals surface area contributed by atoms with E-state index in [0.29, 0.717) is 53.2 Å². The number of hydrogen-bond donors (Lipinski definition) is 0. The van der Waals surface area contributed by atoms with Crippen molar-refractivity contribution in [2.24, 2.45) is 0 Å². The van der Waals surface area contributed by atoms with E-state index >= 15 is 0 Å². The van der Waals surface area contributed by atoms with E-state index in [0.717, 1.165) is 0 Å². The lowest BCUT2D eigenvalue weighted by molar-refractivity contribution is -0.117. The van der Waals surface area contributed by atoms with Crippen LogP contribution < -0.4 is 19.1 Å². The van der Waals surface area contributed by atoms with E-state index in [1.54, 1.807) is 44.4 Å². The van der Waals surface area contributed by atoms with Gasteiger partial charge in [-0.25, -0.2) is 0 Å². The fourth-order valence-corrected chi connectivity index (χ4v) is 3.41. The number of rotatable bonds is 6. The van der Waals surface area contributed by atoms with Crippen LogP contribution in [0.5, 0.6) is 17.2 Å².